The van der Waals surface area contributed by atoms with Crippen LogP contribution in [0.25, 0.3) is 11.0 Å². The van der Waals surface area contributed by atoms with Crippen LogP contribution in [0.1, 0.15) is 11.1 Å². The zero-order chi connectivity index (χ0) is 23.9. The van der Waals surface area contributed by atoms with E-state index < -0.39 is 7.14 Å². The van der Waals surface area contributed by atoms with Crippen LogP contribution < -0.4 is 10.6 Å². The van der Waals surface area contributed by atoms with Crippen molar-refractivity contribution in [2.75, 3.05) is 26.3 Å². The lowest BCUT2D eigenvalue weighted by Gasteiger charge is -2.30. The van der Waals surface area contributed by atoms with Crippen LogP contribution in [0.15, 0.2) is 127 Å². The highest BCUT2D eigenvalue weighted by Crippen LogP contribution is 2.56. The van der Waals surface area contributed by atoms with E-state index >= 15 is 4.57 Å². The number of nitrogens with zero attached hydrogens (tertiary/aromatic N) is 1. The molecule has 0 amide bonds. The molecule has 0 aromatic heterocycles. The van der Waals surface area contributed by atoms with Crippen molar-refractivity contribution in [2.45, 2.75) is 0 Å². The van der Waals surface area contributed by atoms with Crippen LogP contribution in [0.3, 0.4) is 0 Å². The largest absolute Gasteiger partial charge is 0.378 e. The standard InChI is InChI=1S/C31H28NO2P/c33-35(28-17-9-3-10-18-28,29-19-11-4-12-20-29)31(27-15-7-2-8-16-27)25-30(26-13-5-1-6-14-26)32-21-23-34-24-22-32/h1-20H,21-24H2. The SMILES string of the molecule is O=P(C(=C=C(c1ccccc1)N1CCOCC1)c1ccccc1)(c1ccccc1)c1ccccc1. The molecule has 0 bridgehead atoms. The lowest BCUT2D eigenvalue weighted by Crippen LogP contribution is -2.34. The number of rotatable bonds is 6. The Bertz CT molecular complexity index is 1310. The molecule has 4 aromatic rings. The average Bonchev–Trinajstić information content (AvgIpc) is 2.95. The third-order valence-electron chi connectivity index (χ3n) is 6.21. The molecule has 0 N–H and O–H groups in total. The van der Waals surface area contributed by atoms with Crippen molar-refractivity contribution in [3.05, 3.63) is 138 Å². The maximum Gasteiger partial charge on any atom is 0.179 e. The van der Waals surface area contributed by atoms with E-state index in [-0.39, 0.29) is 0 Å². The molecule has 174 valence electrons. The van der Waals surface area contributed by atoms with Crippen molar-refractivity contribution < 1.29 is 9.30 Å². The first-order valence-electron chi connectivity index (χ1n) is 11.9. The molecule has 1 heterocycles. The second kappa shape index (κ2) is 10.8. The van der Waals surface area contributed by atoms with Crippen LogP contribution in [0.5, 0.6) is 0 Å². The Morgan fingerprint density at radius 3 is 1.54 bits per heavy atom. The lowest BCUT2D eigenvalue weighted by molar-refractivity contribution is 0.0640. The molecule has 0 unspecified atom stereocenters. The summed E-state index contributed by atoms with van der Waals surface area (Å²) in [5, 5.41) is 2.31. The Morgan fingerprint density at radius 2 is 1.06 bits per heavy atom. The molecule has 3 nitrogen and oxygen atoms in total. The fourth-order valence-corrected chi connectivity index (χ4v) is 7.22. The van der Waals surface area contributed by atoms with Gasteiger partial charge in [-0.2, -0.15) is 0 Å². The van der Waals surface area contributed by atoms with Gasteiger partial charge in [-0.25, -0.2) is 0 Å². The summed E-state index contributed by atoms with van der Waals surface area (Å²) in [5.41, 5.74) is 6.64. The van der Waals surface area contributed by atoms with Crippen molar-refractivity contribution in [2.24, 2.45) is 0 Å². The van der Waals surface area contributed by atoms with E-state index in [0.717, 1.165) is 40.5 Å². The van der Waals surface area contributed by atoms with E-state index in [1.54, 1.807) is 0 Å². The summed E-state index contributed by atoms with van der Waals surface area (Å²) >= 11 is 0. The molecule has 0 radical (unpaired) electrons. The summed E-state index contributed by atoms with van der Waals surface area (Å²) in [7, 11) is -3.25. The van der Waals surface area contributed by atoms with Gasteiger partial charge in [0.25, 0.3) is 0 Å². The molecule has 0 saturated carbocycles. The molecular weight excluding hydrogens is 449 g/mol. The number of benzene rings is 4. The normalized spacial score (nSPS) is 13.7. The predicted octanol–water partition coefficient (Wildman–Crippen LogP) is 6.01. The molecular formula is C31H28NO2P. The smallest absolute Gasteiger partial charge is 0.179 e. The highest BCUT2D eigenvalue weighted by molar-refractivity contribution is 7.87. The first kappa shape index (κ1) is 23.1. The third kappa shape index (κ3) is 4.94. The second-order valence-electron chi connectivity index (χ2n) is 8.43. The van der Waals surface area contributed by atoms with E-state index in [0.29, 0.717) is 18.5 Å². The second-order valence-corrected chi connectivity index (χ2v) is 11.1. The minimum Gasteiger partial charge on any atom is -0.378 e. The van der Waals surface area contributed by atoms with Gasteiger partial charge < -0.3 is 14.2 Å². The summed E-state index contributed by atoms with van der Waals surface area (Å²) < 4.78 is 21.0. The Morgan fingerprint density at radius 1 is 0.629 bits per heavy atom. The number of hydrogen-bond acceptors (Lipinski definition) is 3. The van der Waals surface area contributed by atoms with Gasteiger partial charge >= 0.3 is 0 Å². The highest BCUT2D eigenvalue weighted by Gasteiger charge is 2.33. The van der Waals surface area contributed by atoms with E-state index in [9.17, 15) is 0 Å². The van der Waals surface area contributed by atoms with Gasteiger partial charge in [0.05, 0.1) is 24.2 Å². The quantitative estimate of drug-likeness (QED) is 0.252. The number of morpholine rings is 1. The van der Waals surface area contributed by atoms with Gasteiger partial charge in [-0.3, -0.25) is 0 Å². The summed E-state index contributed by atoms with van der Waals surface area (Å²) in [4.78, 5) is 2.29. The van der Waals surface area contributed by atoms with E-state index in [2.05, 4.69) is 22.8 Å². The van der Waals surface area contributed by atoms with Crippen LogP contribution in [0, 0.1) is 0 Å². The Balaban J connectivity index is 1.88. The minimum atomic E-state index is -3.25. The van der Waals surface area contributed by atoms with Gasteiger partial charge in [0, 0.05) is 29.3 Å². The average molecular weight is 478 g/mol. The predicted molar refractivity (Wildman–Crippen MR) is 145 cm³/mol. The molecule has 4 heteroatoms. The molecule has 0 aliphatic carbocycles. The zero-order valence-corrected chi connectivity index (χ0v) is 20.5. The summed E-state index contributed by atoms with van der Waals surface area (Å²) in [6, 6.07) is 39.9. The van der Waals surface area contributed by atoms with Gasteiger partial charge in [0.15, 0.2) is 7.14 Å². The Kier molecular flexibility index (Phi) is 7.12. The molecule has 1 aliphatic heterocycles. The fourth-order valence-electron chi connectivity index (χ4n) is 4.44. The molecule has 4 aromatic carbocycles. The number of hydrogen-bond donors (Lipinski definition) is 0. The van der Waals surface area contributed by atoms with Gasteiger partial charge in [0.2, 0.25) is 0 Å². The first-order valence-corrected chi connectivity index (χ1v) is 13.6. The molecule has 0 spiro atoms. The lowest BCUT2D eigenvalue weighted by atomic mass is 10.1. The first-order chi connectivity index (χ1) is 17.3. The Hall–Kier alpha value is -3.61. The van der Waals surface area contributed by atoms with Crippen LogP contribution in [-0.2, 0) is 9.30 Å². The van der Waals surface area contributed by atoms with Crippen molar-refractivity contribution >= 4 is 28.8 Å². The monoisotopic (exact) mass is 477 g/mol. The van der Waals surface area contributed by atoms with E-state index in [1.165, 1.54) is 0 Å². The number of ether oxygens (including phenoxy) is 1. The summed E-state index contributed by atoms with van der Waals surface area (Å²) in [6.45, 7) is 2.85. The molecule has 5 rings (SSSR count). The minimum absolute atomic E-state index is 0.660. The van der Waals surface area contributed by atoms with Crippen molar-refractivity contribution in [3.8, 4) is 0 Å². The molecule has 0 atom stereocenters. The van der Waals surface area contributed by atoms with E-state index in [1.807, 2.05) is 109 Å². The van der Waals surface area contributed by atoms with E-state index in [4.69, 9.17) is 4.74 Å². The summed E-state index contributed by atoms with van der Waals surface area (Å²) in [6.07, 6.45) is 0. The van der Waals surface area contributed by atoms with Crippen molar-refractivity contribution in [1.29, 1.82) is 0 Å². The zero-order valence-electron chi connectivity index (χ0n) is 19.6. The van der Waals surface area contributed by atoms with Gasteiger partial charge in [-0.15, -0.1) is 0 Å². The maximum atomic E-state index is 15.4. The maximum absolute atomic E-state index is 15.4. The molecule has 35 heavy (non-hydrogen) atoms. The van der Waals surface area contributed by atoms with Gasteiger partial charge in [0.1, 0.15) is 0 Å². The highest BCUT2D eigenvalue weighted by atomic mass is 31.2. The van der Waals surface area contributed by atoms with Crippen molar-refractivity contribution in [3.63, 3.8) is 0 Å². The van der Waals surface area contributed by atoms with Crippen LogP contribution in [0.2, 0.25) is 0 Å². The van der Waals surface area contributed by atoms with Crippen molar-refractivity contribution in [1.82, 2.24) is 4.90 Å². The third-order valence-corrected chi connectivity index (χ3v) is 9.26. The van der Waals surface area contributed by atoms with Gasteiger partial charge in [-0.1, -0.05) is 127 Å². The molecule has 1 aliphatic rings. The van der Waals surface area contributed by atoms with Crippen LogP contribution >= 0.6 is 7.14 Å². The van der Waals surface area contributed by atoms with Gasteiger partial charge in [-0.05, 0) is 5.56 Å². The Labute approximate surface area is 207 Å². The molecule has 1 saturated heterocycles. The summed E-state index contributed by atoms with van der Waals surface area (Å²) in [5.74, 6) is 0. The van der Waals surface area contributed by atoms with Crippen LogP contribution in [-0.4, -0.2) is 31.2 Å². The topological polar surface area (TPSA) is 29.5 Å². The molecule has 1 fully saturated rings. The van der Waals surface area contributed by atoms with Crippen LogP contribution in [0.4, 0.5) is 0 Å². The fraction of sp³-hybridized carbons (Fsp3) is 0.129.